The topological polar surface area (TPSA) is 0 Å². The minimum atomic E-state index is 0.142. The van der Waals surface area contributed by atoms with Crippen molar-refractivity contribution in [2.24, 2.45) is 5.92 Å². The summed E-state index contributed by atoms with van der Waals surface area (Å²) in [5.74, 6) is 0.544. The van der Waals surface area contributed by atoms with Gasteiger partial charge in [0, 0.05) is 4.47 Å². The third-order valence-electron chi connectivity index (χ3n) is 2.43. The molecule has 0 radical (unpaired) electrons. The molecule has 14 heavy (non-hydrogen) atoms. The van der Waals surface area contributed by atoms with Crippen LogP contribution in [-0.4, -0.2) is 0 Å². The van der Waals surface area contributed by atoms with E-state index in [4.69, 9.17) is 11.6 Å². The summed E-state index contributed by atoms with van der Waals surface area (Å²) in [7, 11) is 0. The van der Waals surface area contributed by atoms with Gasteiger partial charge in [-0.3, -0.25) is 0 Å². The predicted octanol–water partition coefficient (Wildman–Crippen LogP) is 5.17. The highest BCUT2D eigenvalue weighted by molar-refractivity contribution is 9.10. The summed E-state index contributed by atoms with van der Waals surface area (Å²) in [5.41, 5.74) is 1.22. The molecule has 0 aliphatic carbocycles. The number of rotatable bonds is 4. The molecule has 0 fully saturated rings. The average molecular weight is 276 g/mol. The van der Waals surface area contributed by atoms with Gasteiger partial charge in [0.25, 0.3) is 0 Å². The van der Waals surface area contributed by atoms with E-state index in [1.54, 1.807) is 0 Å². The molecule has 0 amide bonds. The van der Waals surface area contributed by atoms with Crippen molar-refractivity contribution in [3.63, 3.8) is 0 Å². The van der Waals surface area contributed by atoms with Gasteiger partial charge in [-0.1, -0.05) is 48.3 Å². The molecule has 0 aliphatic heterocycles. The standard InChI is InChI=1S/C12H16BrCl/c1-3-4-9(2)12(14)10-5-7-11(13)8-6-10/h5-9,12H,3-4H2,1-2H3. The molecule has 1 rings (SSSR count). The second kappa shape index (κ2) is 5.77. The van der Waals surface area contributed by atoms with Gasteiger partial charge in [-0.2, -0.15) is 0 Å². The van der Waals surface area contributed by atoms with E-state index in [-0.39, 0.29) is 5.38 Å². The van der Waals surface area contributed by atoms with Crippen LogP contribution in [0.15, 0.2) is 28.7 Å². The summed E-state index contributed by atoms with van der Waals surface area (Å²) >= 11 is 9.79. The Kier molecular flexibility index (Phi) is 4.97. The third-order valence-corrected chi connectivity index (χ3v) is 3.64. The van der Waals surface area contributed by atoms with Crippen molar-refractivity contribution in [3.8, 4) is 0 Å². The van der Waals surface area contributed by atoms with Gasteiger partial charge in [0.2, 0.25) is 0 Å². The second-order valence-electron chi connectivity index (χ2n) is 3.72. The first kappa shape index (κ1) is 12.1. The monoisotopic (exact) mass is 274 g/mol. The molecule has 0 bridgehead atoms. The molecule has 0 spiro atoms. The average Bonchev–Trinajstić information content (AvgIpc) is 2.18. The molecule has 2 heteroatoms. The van der Waals surface area contributed by atoms with Gasteiger partial charge in [0.05, 0.1) is 5.38 Å². The fourth-order valence-corrected chi connectivity index (χ4v) is 2.11. The second-order valence-corrected chi connectivity index (χ2v) is 5.11. The van der Waals surface area contributed by atoms with Crippen LogP contribution in [0.25, 0.3) is 0 Å². The van der Waals surface area contributed by atoms with Crippen LogP contribution in [-0.2, 0) is 0 Å². The van der Waals surface area contributed by atoms with Crippen molar-refractivity contribution in [1.29, 1.82) is 0 Å². The third kappa shape index (κ3) is 3.29. The zero-order valence-corrected chi connectivity index (χ0v) is 11.0. The Morgan fingerprint density at radius 2 is 1.86 bits per heavy atom. The number of hydrogen-bond donors (Lipinski definition) is 0. The molecule has 0 heterocycles. The maximum atomic E-state index is 6.37. The van der Waals surface area contributed by atoms with E-state index in [1.165, 1.54) is 18.4 Å². The Morgan fingerprint density at radius 1 is 1.29 bits per heavy atom. The van der Waals surface area contributed by atoms with Crippen LogP contribution in [0.5, 0.6) is 0 Å². The highest BCUT2D eigenvalue weighted by atomic mass is 79.9. The number of benzene rings is 1. The highest BCUT2D eigenvalue weighted by Crippen LogP contribution is 2.32. The lowest BCUT2D eigenvalue weighted by Crippen LogP contribution is -2.03. The molecule has 2 atom stereocenters. The van der Waals surface area contributed by atoms with Crippen molar-refractivity contribution < 1.29 is 0 Å². The van der Waals surface area contributed by atoms with Gasteiger partial charge in [0.1, 0.15) is 0 Å². The van der Waals surface area contributed by atoms with Crippen LogP contribution < -0.4 is 0 Å². The molecule has 0 saturated carbocycles. The molecule has 0 nitrogen and oxygen atoms in total. The normalized spacial score (nSPS) is 15.1. The fourth-order valence-electron chi connectivity index (χ4n) is 1.58. The largest absolute Gasteiger partial charge is 0.118 e. The molecular weight excluding hydrogens is 259 g/mol. The van der Waals surface area contributed by atoms with E-state index in [1.807, 2.05) is 12.1 Å². The van der Waals surface area contributed by atoms with Crippen molar-refractivity contribution in [3.05, 3.63) is 34.3 Å². The maximum Gasteiger partial charge on any atom is 0.0610 e. The van der Waals surface area contributed by atoms with Crippen LogP contribution >= 0.6 is 27.5 Å². The molecular formula is C12H16BrCl. The Bertz CT molecular complexity index is 268. The maximum absolute atomic E-state index is 6.37. The quantitative estimate of drug-likeness (QED) is 0.665. The Labute approximate surface area is 99.8 Å². The van der Waals surface area contributed by atoms with E-state index in [2.05, 4.69) is 41.9 Å². The minimum Gasteiger partial charge on any atom is -0.118 e. The highest BCUT2D eigenvalue weighted by Gasteiger charge is 2.15. The summed E-state index contributed by atoms with van der Waals surface area (Å²) in [6.45, 7) is 4.41. The number of hydrogen-bond acceptors (Lipinski definition) is 0. The zero-order chi connectivity index (χ0) is 10.6. The van der Waals surface area contributed by atoms with Gasteiger partial charge in [-0.25, -0.2) is 0 Å². The Hall–Kier alpha value is -0.0100. The lowest BCUT2D eigenvalue weighted by atomic mass is 9.96. The Morgan fingerprint density at radius 3 is 2.36 bits per heavy atom. The summed E-state index contributed by atoms with van der Waals surface area (Å²) in [5, 5.41) is 0.142. The lowest BCUT2D eigenvalue weighted by Gasteiger charge is -2.17. The van der Waals surface area contributed by atoms with E-state index >= 15 is 0 Å². The van der Waals surface area contributed by atoms with Gasteiger partial charge in [0.15, 0.2) is 0 Å². The van der Waals surface area contributed by atoms with Crippen LogP contribution in [0.4, 0.5) is 0 Å². The minimum absolute atomic E-state index is 0.142. The fraction of sp³-hybridized carbons (Fsp3) is 0.500. The first-order valence-electron chi connectivity index (χ1n) is 5.04. The molecule has 2 unspecified atom stereocenters. The molecule has 78 valence electrons. The van der Waals surface area contributed by atoms with Gasteiger partial charge in [-0.15, -0.1) is 11.6 Å². The van der Waals surface area contributed by atoms with E-state index in [0.717, 1.165) is 4.47 Å². The van der Waals surface area contributed by atoms with Crippen molar-refractivity contribution in [2.45, 2.75) is 32.1 Å². The number of alkyl halides is 1. The molecule has 0 aliphatic rings. The molecule has 1 aromatic rings. The van der Waals surface area contributed by atoms with Gasteiger partial charge in [-0.05, 0) is 30.0 Å². The molecule has 1 aromatic carbocycles. The van der Waals surface area contributed by atoms with Gasteiger partial charge >= 0.3 is 0 Å². The van der Waals surface area contributed by atoms with Gasteiger partial charge < -0.3 is 0 Å². The van der Waals surface area contributed by atoms with Crippen molar-refractivity contribution in [1.82, 2.24) is 0 Å². The van der Waals surface area contributed by atoms with E-state index < -0.39 is 0 Å². The SMILES string of the molecule is CCCC(C)C(Cl)c1ccc(Br)cc1. The summed E-state index contributed by atoms with van der Waals surface area (Å²) < 4.78 is 1.10. The molecule has 0 N–H and O–H groups in total. The van der Waals surface area contributed by atoms with Crippen LogP contribution in [0.2, 0.25) is 0 Å². The molecule has 0 aromatic heterocycles. The van der Waals surface area contributed by atoms with Crippen LogP contribution in [0.3, 0.4) is 0 Å². The Balaban J connectivity index is 2.68. The summed E-state index contributed by atoms with van der Waals surface area (Å²) in [6, 6.07) is 8.27. The van der Waals surface area contributed by atoms with Crippen LogP contribution in [0, 0.1) is 5.92 Å². The van der Waals surface area contributed by atoms with E-state index in [0.29, 0.717) is 5.92 Å². The lowest BCUT2D eigenvalue weighted by molar-refractivity contribution is 0.507. The zero-order valence-electron chi connectivity index (χ0n) is 8.63. The van der Waals surface area contributed by atoms with Crippen LogP contribution in [0.1, 0.15) is 37.6 Å². The smallest absolute Gasteiger partial charge is 0.0610 e. The predicted molar refractivity (Wildman–Crippen MR) is 66.8 cm³/mol. The van der Waals surface area contributed by atoms with E-state index in [9.17, 15) is 0 Å². The summed E-state index contributed by atoms with van der Waals surface area (Å²) in [6.07, 6.45) is 2.38. The molecule has 0 saturated heterocycles. The number of halogens is 2. The van der Waals surface area contributed by atoms with Crippen molar-refractivity contribution >= 4 is 27.5 Å². The first-order chi connectivity index (χ1) is 6.65. The van der Waals surface area contributed by atoms with Crippen molar-refractivity contribution in [2.75, 3.05) is 0 Å². The summed E-state index contributed by atoms with van der Waals surface area (Å²) in [4.78, 5) is 0. The first-order valence-corrected chi connectivity index (χ1v) is 6.27.